The summed E-state index contributed by atoms with van der Waals surface area (Å²) in [5.41, 5.74) is -0.397. The van der Waals surface area contributed by atoms with Gasteiger partial charge in [-0.2, -0.15) is 0 Å². The predicted octanol–water partition coefficient (Wildman–Crippen LogP) is 0.142. The number of carbonyl (C=O) groups excluding carboxylic acids is 1. The van der Waals surface area contributed by atoms with Crippen LogP contribution >= 0.6 is 0 Å². The Morgan fingerprint density at radius 1 is 1.24 bits per heavy atom. The lowest BCUT2D eigenvalue weighted by molar-refractivity contribution is 0.0572. The number of nitrogens with zero attached hydrogens (tertiary/aromatic N) is 1. The van der Waals surface area contributed by atoms with Crippen molar-refractivity contribution >= 4 is 5.91 Å². The molecule has 0 aromatic heterocycles. The Morgan fingerprint density at radius 3 is 2.41 bits per heavy atom. The maximum atomic E-state index is 13.4. The van der Waals surface area contributed by atoms with Crippen molar-refractivity contribution < 1.29 is 23.8 Å². The van der Waals surface area contributed by atoms with Crippen LogP contribution in [0.1, 0.15) is 10.4 Å². The van der Waals surface area contributed by atoms with E-state index < -0.39 is 35.3 Å². The largest absolute Gasteiger partial charge is 0.388 e. The lowest BCUT2D eigenvalue weighted by Crippen LogP contribution is -2.30. The molecule has 4 nitrogen and oxygen atoms in total. The van der Waals surface area contributed by atoms with Crippen LogP contribution in [0.25, 0.3) is 0 Å². The van der Waals surface area contributed by atoms with Gasteiger partial charge < -0.3 is 15.1 Å². The molecular weight excluding hydrogens is 232 g/mol. The van der Waals surface area contributed by atoms with Crippen LogP contribution in [0.4, 0.5) is 8.78 Å². The molecule has 1 aromatic carbocycles. The second-order valence-corrected chi connectivity index (χ2v) is 3.95. The second-order valence-electron chi connectivity index (χ2n) is 3.95. The SMILES string of the molecule is O=C(c1cccc(F)c1F)N1C[C@@H](O)[C@@H](O)C1. The quantitative estimate of drug-likeness (QED) is 0.737. The van der Waals surface area contributed by atoms with E-state index in [1.54, 1.807) is 0 Å². The Hall–Kier alpha value is -1.53. The monoisotopic (exact) mass is 243 g/mol. The number of rotatable bonds is 1. The average molecular weight is 243 g/mol. The Bertz CT molecular complexity index is 442. The van der Waals surface area contributed by atoms with Crippen molar-refractivity contribution in [2.24, 2.45) is 0 Å². The Kier molecular flexibility index (Phi) is 3.08. The first-order valence-corrected chi connectivity index (χ1v) is 5.10. The number of benzene rings is 1. The van der Waals surface area contributed by atoms with Crippen LogP contribution in [0.15, 0.2) is 18.2 Å². The summed E-state index contributed by atoms with van der Waals surface area (Å²) in [6.45, 7) is -0.175. The first-order valence-electron chi connectivity index (χ1n) is 5.10. The van der Waals surface area contributed by atoms with Crippen molar-refractivity contribution in [1.29, 1.82) is 0 Å². The third-order valence-corrected chi connectivity index (χ3v) is 2.73. The van der Waals surface area contributed by atoms with Gasteiger partial charge in [-0.15, -0.1) is 0 Å². The smallest absolute Gasteiger partial charge is 0.257 e. The van der Waals surface area contributed by atoms with Crippen LogP contribution in [0, 0.1) is 11.6 Å². The molecule has 2 atom stereocenters. The van der Waals surface area contributed by atoms with E-state index in [4.69, 9.17) is 0 Å². The highest BCUT2D eigenvalue weighted by atomic mass is 19.2. The van der Waals surface area contributed by atoms with Crippen molar-refractivity contribution in [3.05, 3.63) is 35.4 Å². The van der Waals surface area contributed by atoms with E-state index in [9.17, 15) is 23.8 Å². The minimum Gasteiger partial charge on any atom is -0.388 e. The minimum atomic E-state index is -1.21. The summed E-state index contributed by atoms with van der Waals surface area (Å²) in [6, 6.07) is 3.31. The Morgan fingerprint density at radius 2 is 1.82 bits per heavy atom. The summed E-state index contributed by atoms with van der Waals surface area (Å²) in [6.07, 6.45) is -2.09. The topological polar surface area (TPSA) is 60.8 Å². The van der Waals surface area contributed by atoms with Crippen LogP contribution in [0.5, 0.6) is 0 Å². The maximum absolute atomic E-state index is 13.4. The number of aliphatic hydroxyl groups is 2. The van der Waals surface area contributed by atoms with E-state index in [1.807, 2.05) is 0 Å². The Balaban J connectivity index is 2.24. The van der Waals surface area contributed by atoms with Gasteiger partial charge in [0.1, 0.15) is 0 Å². The normalized spacial score (nSPS) is 24.1. The summed E-state index contributed by atoms with van der Waals surface area (Å²) in [5, 5.41) is 18.6. The molecule has 1 aliphatic heterocycles. The highest BCUT2D eigenvalue weighted by Gasteiger charge is 2.34. The van der Waals surface area contributed by atoms with Gasteiger partial charge in [0.2, 0.25) is 0 Å². The molecule has 2 N–H and O–H groups in total. The lowest BCUT2D eigenvalue weighted by Gasteiger charge is -2.15. The van der Waals surface area contributed by atoms with Gasteiger partial charge in [0, 0.05) is 13.1 Å². The number of likely N-dealkylation sites (tertiary alicyclic amines) is 1. The predicted molar refractivity (Wildman–Crippen MR) is 54.3 cm³/mol. The van der Waals surface area contributed by atoms with E-state index >= 15 is 0 Å². The van der Waals surface area contributed by atoms with Gasteiger partial charge in [-0.25, -0.2) is 8.78 Å². The summed E-state index contributed by atoms with van der Waals surface area (Å²) in [5.74, 6) is -3.05. The molecule has 0 unspecified atom stereocenters. The van der Waals surface area contributed by atoms with E-state index in [0.717, 1.165) is 17.0 Å². The molecule has 1 amide bonds. The highest BCUT2D eigenvalue weighted by molar-refractivity contribution is 5.94. The molecule has 1 saturated heterocycles. The average Bonchev–Trinajstić information content (AvgIpc) is 2.62. The molecule has 6 heteroatoms. The summed E-state index contributed by atoms with van der Waals surface area (Å²) in [7, 11) is 0. The number of amides is 1. The standard InChI is InChI=1S/C11H11F2NO3/c12-7-3-1-2-6(10(7)13)11(17)14-4-8(15)9(16)5-14/h1-3,8-9,15-16H,4-5H2/t8-,9+. The molecule has 2 rings (SSSR count). The molecule has 1 aromatic rings. The number of β-amino-alcohol motifs (C(OH)–C–C–N with tert-alkyl or cyclic N) is 2. The van der Waals surface area contributed by atoms with Gasteiger partial charge in [-0.1, -0.05) is 6.07 Å². The summed E-state index contributed by atoms with van der Waals surface area (Å²) >= 11 is 0. The zero-order valence-corrected chi connectivity index (χ0v) is 8.81. The van der Waals surface area contributed by atoms with Crippen LogP contribution < -0.4 is 0 Å². The second kappa shape index (κ2) is 4.38. The first kappa shape index (κ1) is 11.9. The van der Waals surface area contributed by atoms with Gasteiger partial charge in [-0.3, -0.25) is 4.79 Å². The van der Waals surface area contributed by atoms with Gasteiger partial charge in [0.05, 0.1) is 17.8 Å². The maximum Gasteiger partial charge on any atom is 0.257 e. The van der Waals surface area contributed by atoms with Gasteiger partial charge in [0.25, 0.3) is 5.91 Å². The molecule has 1 heterocycles. The van der Waals surface area contributed by atoms with Crippen molar-refractivity contribution in [1.82, 2.24) is 4.90 Å². The zero-order chi connectivity index (χ0) is 12.6. The van der Waals surface area contributed by atoms with E-state index in [0.29, 0.717) is 0 Å². The van der Waals surface area contributed by atoms with E-state index in [-0.39, 0.29) is 13.1 Å². The van der Waals surface area contributed by atoms with Gasteiger partial charge in [0.15, 0.2) is 11.6 Å². The zero-order valence-electron chi connectivity index (χ0n) is 8.81. The van der Waals surface area contributed by atoms with Crippen LogP contribution in [-0.4, -0.2) is 46.3 Å². The van der Waals surface area contributed by atoms with E-state index in [1.165, 1.54) is 6.07 Å². The highest BCUT2D eigenvalue weighted by Crippen LogP contribution is 2.17. The van der Waals surface area contributed by atoms with E-state index in [2.05, 4.69) is 0 Å². The molecule has 17 heavy (non-hydrogen) atoms. The molecular formula is C11H11F2NO3. The third-order valence-electron chi connectivity index (χ3n) is 2.73. The minimum absolute atomic E-state index is 0.0873. The van der Waals surface area contributed by atoms with Crippen molar-refractivity contribution in [3.63, 3.8) is 0 Å². The fraction of sp³-hybridized carbons (Fsp3) is 0.364. The number of halogens is 2. The molecule has 0 aliphatic carbocycles. The molecule has 1 aliphatic rings. The Labute approximate surface area is 96.1 Å². The number of carbonyl (C=O) groups is 1. The van der Waals surface area contributed by atoms with Crippen LogP contribution in [0.2, 0.25) is 0 Å². The number of hydrogen-bond acceptors (Lipinski definition) is 3. The number of aliphatic hydroxyl groups excluding tert-OH is 2. The van der Waals surface area contributed by atoms with Gasteiger partial charge >= 0.3 is 0 Å². The molecule has 0 spiro atoms. The molecule has 92 valence electrons. The molecule has 1 fully saturated rings. The van der Waals surface area contributed by atoms with Crippen LogP contribution in [-0.2, 0) is 0 Å². The third kappa shape index (κ3) is 2.13. The van der Waals surface area contributed by atoms with Gasteiger partial charge in [-0.05, 0) is 12.1 Å². The molecule has 0 saturated carbocycles. The van der Waals surface area contributed by atoms with Crippen molar-refractivity contribution in [2.75, 3.05) is 13.1 Å². The first-order chi connectivity index (χ1) is 8.00. The van der Waals surface area contributed by atoms with Crippen LogP contribution in [0.3, 0.4) is 0 Å². The van der Waals surface area contributed by atoms with Crippen molar-refractivity contribution in [2.45, 2.75) is 12.2 Å². The lowest BCUT2D eigenvalue weighted by atomic mass is 10.2. The fourth-order valence-corrected chi connectivity index (χ4v) is 1.77. The summed E-state index contributed by atoms with van der Waals surface area (Å²) in [4.78, 5) is 12.9. The fourth-order valence-electron chi connectivity index (χ4n) is 1.77. The summed E-state index contributed by atoms with van der Waals surface area (Å²) < 4.78 is 26.3. The molecule has 0 bridgehead atoms. The molecule has 0 radical (unpaired) electrons. The number of hydrogen-bond donors (Lipinski definition) is 2. The van der Waals surface area contributed by atoms with Crippen molar-refractivity contribution in [3.8, 4) is 0 Å².